The Bertz CT molecular complexity index is 995. The molecule has 0 unspecified atom stereocenters. The summed E-state index contributed by atoms with van der Waals surface area (Å²) in [7, 11) is 5.50. The third-order valence-electron chi connectivity index (χ3n) is 4.22. The first-order valence-corrected chi connectivity index (χ1v) is 11.1. The lowest BCUT2D eigenvalue weighted by Gasteiger charge is -2.23. The van der Waals surface area contributed by atoms with Gasteiger partial charge in [-0.05, 0) is 56.7 Å². The lowest BCUT2D eigenvalue weighted by atomic mass is 10.1. The van der Waals surface area contributed by atoms with E-state index in [1.807, 2.05) is 37.4 Å². The summed E-state index contributed by atoms with van der Waals surface area (Å²) in [6.45, 7) is 1.22. The second-order valence-electron chi connectivity index (χ2n) is 6.43. The van der Waals surface area contributed by atoms with Crippen molar-refractivity contribution in [3.05, 3.63) is 47.0 Å². The molecule has 29 heavy (non-hydrogen) atoms. The molecule has 0 atom stereocenters. The van der Waals surface area contributed by atoms with Crippen LogP contribution < -0.4 is 9.64 Å². The van der Waals surface area contributed by atoms with Crippen LogP contribution >= 0.6 is 47.1 Å². The lowest BCUT2D eigenvalue weighted by molar-refractivity contribution is 0.0982. The van der Waals surface area contributed by atoms with Crippen LogP contribution in [0.25, 0.3) is 10.2 Å². The van der Waals surface area contributed by atoms with E-state index < -0.39 is 0 Å². The smallest absolute Gasteiger partial charge is 0.263 e. The van der Waals surface area contributed by atoms with Crippen molar-refractivity contribution in [3.8, 4) is 5.75 Å². The van der Waals surface area contributed by atoms with Crippen molar-refractivity contribution >= 4 is 68.4 Å². The van der Waals surface area contributed by atoms with Crippen LogP contribution in [0.15, 0.2) is 41.3 Å². The van der Waals surface area contributed by atoms with Gasteiger partial charge in [0.05, 0.1) is 22.9 Å². The number of likely N-dealkylation sites (N-methyl/N-ethyl adjacent to an activating group) is 1. The molecule has 0 aliphatic heterocycles. The highest BCUT2D eigenvalue weighted by molar-refractivity contribution is 7.98. The van der Waals surface area contributed by atoms with Gasteiger partial charge in [-0.15, -0.1) is 24.2 Å². The predicted molar refractivity (Wildman–Crippen MR) is 127 cm³/mol. The molecule has 1 heterocycles. The van der Waals surface area contributed by atoms with Crippen molar-refractivity contribution in [2.75, 3.05) is 45.5 Å². The molecule has 1 amide bonds. The molecule has 0 saturated heterocycles. The highest BCUT2D eigenvalue weighted by Gasteiger charge is 2.24. The molecule has 3 rings (SSSR count). The number of carbonyl (C=O) groups excluding carboxylic acids is 1. The van der Waals surface area contributed by atoms with Gasteiger partial charge in [0, 0.05) is 23.0 Å². The zero-order valence-electron chi connectivity index (χ0n) is 16.6. The van der Waals surface area contributed by atoms with Gasteiger partial charge in [0.15, 0.2) is 5.13 Å². The third-order valence-corrected chi connectivity index (χ3v) is 6.22. The van der Waals surface area contributed by atoms with Crippen molar-refractivity contribution in [1.82, 2.24) is 9.88 Å². The maximum Gasteiger partial charge on any atom is 0.263 e. The first-order chi connectivity index (χ1) is 13.4. The summed E-state index contributed by atoms with van der Waals surface area (Å²) in [5.74, 6) is 0.320. The van der Waals surface area contributed by atoms with E-state index in [1.54, 1.807) is 42.0 Å². The number of aromatic nitrogens is 1. The van der Waals surface area contributed by atoms with Crippen molar-refractivity contribution in [1.29, 1.82) is 0 Å². The largest absolute Gasteiger partial charge is 0.496 e. The fourth-order valence-corrected chi connectivity index (χ4v) is 4.43. The summed E-state index contributed by atoms with van der Waals surface area (Å²) in [5, 5.41) is 1.16. The van der Waals surface area contributed by atoms with E-state index in [2.05, 4.69) is 6.07 Å². The highest BCUT2D eigenvalue weighted by Crippen LogP contribution is 2.33. The molecule has 156 valence electrons. The molecule has 0 aliphatic carbocycles. The van der Waals surface area contributed by atoms with Gasteiger partial charge in [-0.1, -0.05) is 22.9 Å². The van der Waals surface area contributed by atoms with Gasteiger partial charge < -0.3 is 9.64 Å². The van der Waals surface area contributed by atoms with E-state index >= 15 is 0 Å². The van der Waals surface area contributed by atoms with Crippen LogP contribution in [0, 0.1) is 0 Å². The number of hydrogen-bond acceptors (Lipinski definition) is 6. The molecule has 9 heteroatoms. The standard InChI is InChI=1S/C20H22ClN3O2S2.ClH/c1-23(2)9-10-24(19(25)15-11-13(21)5-8-17(15)26-3)20-22-16-7-6-14(27-4)12-18(16)28-20;/h5-8,11-12H,9-10H2,1-4H3;1H. The molecule has 0 saturated carbocycles. The molecule has 0 spiro atoms. The van der Waals surface area contributed by atoms with Gasteiger partial charge in [-0.3, -0.25) is 9.69 Å². The number of rotatable bonds is 7. The van der Waals surface area contributed by atoms with Crippen LogP contribution in [-0.2, 0) is 0 Å². The second kappa shape index (κ2) is 10.5. The molecule has 0 fully saturated rings. The van der Waals surface area contributed by atoms with E-state index in [-0.39, 0.29) is 18.3 Å². The first kappa shape index (κ1) is 23.8. The SMILES string of the molecule is COc1ccc(Cl)cc1C(=O)N(CCN(C)C)c1nc2ccc(SC)cc2s1.Cl. The van der Waals surface area contributed by atoms with Gasteiger partial charge in [-0.25, -0.2) is 4.98 Å². The normalized spacial score (nSPS) is 10.8. The Morgan fingerprint density at radius 3 is 2.62 bits per heavy atom. The highest BCUT2D eigenvalue weighted by atomic mass is 35.5. The topological polar surface area (TPSA) is 45.7 Å². The number of thioether (sulfide) groups is 1. The van der Waals surface area contributed by atoms with Crippen molar-refractivity contribution < 1.29 is 9.53 Å². The minimum atomic E-state index is -0.176. The van der Waals surface area contributed by atoms with Crippen LogP contribution in [0.5, 0.6) is 5.75 Å². The van der Waals surface area contributed by atoms with E-state index in [1.165, 1.54) is 16.2 Å². The fourth-order valence-electron chi connectivity index (χ4n) is 2.71. The number of carbonyl (C=O) groups is 1. The first-order valence-electron chi connectivity index (χ1n) is 8.67. The Morgan fingerprint density at radius 1 is 1.21 bits per heavy atom. The average molecular weight is 472 g/mol. The van der Waals surface area contributed by atoms with Gasteiger partial charge >= 0.3 is 0 Å². The molecular formula is C20H23Cl2N3O2S2. The molecular weight excluding hydrogens is 449 g/mol. The number of ether oxygens (including phenoxy) is 1. The molecule has 0 bridgehead atoms. The van der Waals surface area contributed by atoms with Gasteiger partial charge in [0.2, 0.25) is 0 Å². The molecule has 3 aromatic rings. The van der Waals surface area contributed by atoms with E-state index in [0.717, 1.165) is 10.2 Å². The average Bonchev–Trinajstić information content (AvgIpc) is 3.10. The van der Waals surface area contributed by atoms with Crippen LogP contribution in [0.3, 0.4) is 0 Å². The minimum absolute atomic E-state index is 0. The Labute approximate surface area is 190 Å². The number of benzene rings is 2. The minimum Gasteiger partial charge on any atom is -0.496 e. The van der Waals surface area contributed by atoms with Crippen molar-refractivity contribution in [2.24, 2.45) is 0 Å². The molecule has 0 N–H and O–H groups in total. The van der Waals surface area contributed by atoms with Crippen molar-refractivity contribution in [2.45, 2.75) is 4.90 Å². The number of hydrogen-bond donors (Lipinski definition) is 0. The lowest BCUT2D eigenvalue weighted by Crippen LogP contribution is -2.37. The second-order valence-corrected chi connectivity index (χ2v) is 8.76. The Balaban J connectivity index is 0.00000300. The molecule has 5 nitrogen and oxygen atoms in total. The maximum absolute atomic E-state index is 13.4. The Kier molecular flexibility index (Phi) is 8.60. The monoisotopic (exact) mass is 471 g/mol. The predicted octanol–water partition coefficient (Wildman–Crippen LogP) is 5.31. The van der Waals surface area contributed by atoms with E-state index in [4.69, 9.17) is 21.3 Å². The van der Waals surface area contributed by atoms with Crippen LogP contribution in [-0.4, -0.2) is 56.3 Å². The zero-order chi connectivity index (χ0) is 20.3. The number of halogens is 2. The summed E-state index contributed by atoms with van der Waals surface area (Å²) in [4.78, 5) is 23.0. The summed E-state index contributed by atoms with van der Waals surface area (Å²) < 4.78 is 6.44. The van der Waals surface area contributed by atoms with E-state index in [0.29, 0.717) is 34.6 Å². The number of fused-ring (bicyclic) bond motifs is 1. The Morgan fingerprint density at radius 2 is 1.97 bits per heavy atom. The molecule has 0 aliphatic rings. The third kappa shape index (κ3) is 5.55. The van der Waals surface area contributed by atoms with Crippen LogP contribution in [0.2, 0.25) is 5.02 Å². The summed E-state index contributed by atoms with van der Waals surface area (Å²) in [6.07, 6.45) is 2.04. The maximum atomic E-state index is 13.4. The van der Waals surface area contributed by atoms with Gasteiger partial charge in [0.25, 0.3) is 5.91 Å². The van der Waals surface area contributed by atoms with Gasteiger partial charge in [0.1, 0.15) is 5.75 Å². The van der Waals surface area contributed by atoms with E-state index in [9.17, 15) is 4.79 Å². The number of nitrogens with zero attached hydrogens (tertiary/aromatic N) is 3. The van der Waals surface area contributed by atoms with Gasteiger partial charge in [-0.2, -0.15) is 0 Å². The van der Waals surface area contributed by atoms with Crippen LogP contribution in [0.1, 0.15) is 10.4 Å². The Hall–Kier alpha value is -1.51. The molecule has 1 aromatic heterocycles. The molecule has 0 radical (unpaired) electrons. The number of amides is 1. The number of thiazole rings is 1. The zero-order valence-corrected chi connectivity index (χ0v) is 19.8. The van der Waals surface area contributed by atoms with Crippen molar-refractivity contribution in [3.63, 3.8) is 0 Å². The number of methoxy groups -OCH3 is 1. The van der Waals surface area contributed by atoms with Crippen LogP contribution in [0.4, 0.5) is 5.13 Å². The number of anilines is 1. The quantitative estimate of drug-likeness (QED) is 0.436. The fraction of sp³-hybridized carbons (Fsp3) is 0.300. The molecule has 2 aromatic carbocycles. The summed E-state index contributed by atoms with van der Waals surface area (Å²) in [6, 6.07) is 11.2. The summed E-state index contributed by atoms with van der Waals surface area (Å²) in [5.41, 5.74) is 1.32. The summed E-state index contributed by atoms with van der Waals surface area (Å²) >= 11 is 9.35.